The minimum Gasteiger partial charge on any atom is -0.339 e. The van der Waals surface area contributed by atoms with Gasteiger partial charge >= 0.3 is 0 Å². The topological polar surface area (TPSA) is 63.9 Å². The fourth-order valence-electron chi connectivity index (χ4n) is 3.10. The van der Waals surface area contributed by atoms with E-state index >= 15 is 0 Å². The van der Waals surface area contributed by atoms with Crippen LogP contribution in [0.5, 0.6) is 0 Å². The van der Waals surface area contributed by atoms with Crippen molar-refractivity contribution in [3.8, 4) is 5.69 Å². The molecule has 4 rings (SSSR count). The number of hydrogen-bond acceptors (Lipinski definition) is 5. The Morgan fingerprint density at radius 3 is 2.68 bits per heavy atom. The highest BCUT2D eigenvalue weighted by Gasteiger charge is 2.18. The third-order valence-corrected chi connectivity index (χ3v) is 6.02. The van der Waals surface area contributed by atoms with E-state index in [9.17, 15) is 4.79 Å². The van der Waals surface area contributed by atoms with Crippen LogP contribution >= 0.6 is 11.3 Å². The number of carbonyl (C=O) groups excluding carboxylic acids is 1. The molecule has 0 aliphatic heterocycles. The Labute approximate surface area is 167 Å². The molecule has 142 valence electrons. The molecule has 0 aliphatic rings. The number of nitrogens with zero attached hydrogens (tertiary/aromatic N) is 5. The predicted octanol–water partition coefficient (Wildman–Crippen LogP) is 4.03. The SMILES string of the molecule is CC(c1ccc(-n2cncn2)cc1)N(C)C(=O)CCc1nc2ccccc2s1. The number of fused-ring (bicyclic) bond motifs is 1. The van der Waals surface area contributed by atoms with Crippen molar-refractivity contribution >= 4 is 27.5 Å². The maximum absolute atomic E-state index is 12.7. The molecule has 1 amide bonds. The van der Waals surface area contributed by atoms with Gasteiger partial charge in [-0.3, -0.25) is 4.79 Å². The predicted molar refractivity (Wildman–Crippen MR) is 110 cm³/mol. The van der Waals surface area contributed by atoms with E-state index in [4.69, 9.17) is 0 Å². The summed E-state index contributed by atoms with van der Waals surface area (Å²) in [4.78, 5) is 23.1. The number of benzene rings is 2. The van der Waals surface area contributed by atoms with Gasteiger partial charge in [0, 0.05) is 19.9 Å². The molecule has 7 heteroatoms. The van der Waals surface area contributed by atoms with E-state index in [1.54, 1.807) is 27.2 Å². The lowest BCUT2D eigenvalue weighted by Gasteiger charge is -2.25. The normalized spacial score (nSPS) is 12.2. The Kier molecular flexibility index (Phi) is 5.16. The first-order chi connectivity index (χ1) is 13.6. The van der Waals surface area contributed by atoms with E-state index in [0.717, 1.165) is 21.8 Å². The minimum atomic E-state index is -0.00679. The monoisotopic (exact) mass is 391 g/mol. The summed E-state index contributed by atoms with van der Waals surface area (Å²) in [5.74, 6) is 0.118. The van der Waals surface area contributed by atoms with Crippen molar-refractivity contribution in [2.24, 2.45) is 0 Å². The molecule has 0 saturated carbocycles. The maximum atomic E-state index is 12.7. The number of amides is 1. The van der Waals surface area contributed by atoms with Crippen molar-refractivity contribution in [3.05, 3.63) is 71.8 Å². The summed E-state index contributed by atoms with van der Waals surface area (Å²) in [6, 6.07) is 16.1. The van der Waals surface area contributed by atoms with Crippen molar-refractivity contribution in [2.75, 3.05) is 7.05 Å². The van der Waals surface area contributed by atoms with Gasteiger partial charge in [-0.1, -0.05) is 24.3 Å². The van der Waals surface area contributed by atoms with Gasteiger partial charge in [0.15, 0.2) is 0 Å². The quantitative estimate of drug-likeness (QED) is 0.498. The number of aromatic nitrogens is 4. The van der Waals surface area contributed by atoms with Crippen LogP contribution in [0.4, 0.5) is 0 Å². The standard InChI is InChI=1S/C21H21N5OS/c1-15(16-7-9-17(10-8-16)26-14-22-13-23-26)25(2)21(27)12-11-20-24-18-5-3-4-6-19(18)28-20/h3-10,13-15H,11-12H2,1-2H3. The maximum Gasteiger partial charge on any atom is 0.223 e. The molecule has 0 bridgehead atoms. The van der Waals surface area contributed by atoms with Gasteiger partial charge in [-0.25, -0.2) is 14.6 Å². The Bertz CT molecular complexity index is 1040. The molecule has 1 atom stereocenters. The van der Waals surface area contributed by atoms with Crippen LogP contribution in [0.3, 0.4) is 0 Å². The third-order valence-electron chi connectivity index (χ3n) is 4.92. The van der Waals surface area contributed by atoms with Gasteiger partial charge in [0.25, 0.3) is 0 Å². The van der Waals surface area contributed by atoms with Crippen LogP contribution in [-0.4, -0.2) is 37.6 Å². The number of hydrogen-bond donors (Lipinski definition) is 0. The van der Waals surface area contributed by atoms with Crippen LogP contribution in [0.1, 0.15) is 30.0 Å². The highest BCUT2D eigenvalue weighted by Crippen LogP contribution is 2.24. The zero-order valence-electron chi connectivity index (χ0n) is 15.8. The van der Waals surface area contributed by atoms with E-state index in [0.29, 0.717) is 12.8 Å². The first kappa shape index (κ1) is 18.3. The second kappa shape index (κ2) is 7.90. The van der Waals surface area contributed by atoms with Crippen molar-refractivity contribution in [1.29, 1.82) is 0 Å². The van der Waals surface area contributed by atoms with Gasteiger partial charge in [-0.05, 0) is 36.8 Å². The summed E-state index contributed by atoms with van der Waals surface area (Å²) < 4.78 is 2.88. The summed E-state index contributed by atoms with van der Waals surface area (Å²) in [7, 11) is 1.86. The Hall–Kier alpha value is -3.06. The van der Waals surface area contributed by atoms with E-state index in [-0.39, 0.29) is 11.9 Å². The van der Waals surface area contributed by atoms with Gasteiger partial charge in [0.05, 0.1) is 27.0 Å². The molecular formula is C21H21N5OS. The first-order valence-corrected chi connectivity index (χ1v) is 9.98. The Balaban J connectivity index is 1.38. The highest BCUT2D eigenvalue weighted by molar-refractivity contribution is 7.18. The van der Waals surface area contributed by atoms with Gasteiger partial charge in [0.2, 0.25) is 5.91 Å². The molecule has 28 heavy (non-hydrogen) atoms. The average Bonchev–Trinajstić information content (AvgIpc) is 3.40. The third kappa shape index (κ3) is 3.80. The molecule has 0 spiro atoms. The molecular weight excluding hydrogens is 370 g/mol. The van der Waals surface area contributed by atoms with E-state index < -0.39 is 0 Å². The molecule has 0 radical (unpaired) electrons. The molecule has 6 nitrogen and oxygen atoms in total. The van der Waals surface area contributed by atoms with Crippen LogP contribution in [0, 0.1) is 0 Å². The van der Waals surface area contributed by atoms with Gasteiger partial charge in [0.1, 0.15) is 12.7 Å². The molecule has 2 heterocycles. The fraction of sp³-hybridized carbons (Fsp3) is 0.238. The van der Waals surface area contributed by atoms with Crippen LogP contribution < -0.4 is 0 Å². The van der Waals surface area contributed by atoms with Gasteiger partial charge < -0.3 is 4.90 Å². The van der Waals surface area contributed by atoms with Crippen molar-refractivity contribution < 1.29 is 4.79 Å². The number of carbonyl (C=O) groups is 1. The molecule has 2 aromatic carbocycles. The second-order valence-electron chi connectivity index (χ2n) is 6.69. The number of aryl methyl sites for hydroxylation is 1. The van der Waals surface area contributed by atoms with E-state index in [1.165, 1.54) is 11.0 Å². The number of rotatable bonds is 6. The van der Waals surface area contributed by atoms with Crippen molar-refractivity contribution in [2.45, 2.75) is 25.8 Å². The second-order valence-corrected chi connectivity index (χ2v) is 7.80. The van der Waals surface area contributed by atoms with Crippen LogP contribution in [-0.2, 0) is 11.2 Å². The molecule has 2 aromatic heterocycles. The van der Waals surface area contributed by atoms with Crippen LogP contribution in [0.15, 0.2) is 61.2 Å². The average molecular weight is 392 g/mol. The van der Waals surface area contributed by atoms with Crippen molar-refractivity contribution in [3.63, 3.8) is 0 Å². The number of para-hydroxylation sites is 1. The van der Waals surface area contributed by atoms with Crippen molar-refractivity contribution in [1.82, 2.24) is 24.6 Å². The number of thiazole rings is 1. The first-order valence-electron chi connectivity index (χ1n) is 9.17. The molecule has 0 saturated heterocycles. The Morgan fingerprint density at radius 1 is 1.18 bits per heavy atom. The fourth-order valence-corrected chi connectivity index (χ4v) is 4.07. The summed E-state index contributed by atoms with van der Waals surface area (Å²) in [6.45, 7) is 2.04. The summed E-state index contributed by atoms with van der Waals surface area (Å²) in [5.41, 5.74) is 3.03. The Morgan fingerprint density at radius 2 is 1.96 bits per heavy atom. The largest absolute Gasteiger partial charge is 0.339 e. The molecule has 0 N–H and O–H groups in total. The summed E-state index contributed by atoms with van der Waals surface area (Å²) >= 11 is 1.66. The summed E-state index contributed by atoms with van der Waals surface area (Å²) in [6.07, 6.45) is 4.29. The minimum absolute atomic E-state index is 0.00679. The zero-order valence-corrected chi connectivity index (χ0v) is 16.6. The lowest BCUT2D eigenvalue weighted by Crippen LogP contribution is -2.29. The lowest BCUT2D eigenvalue weighted by atomic mass is 10.1. The molecule has 0 fully saturated rings. The van der Waals surface area contributed by atoms with Gasteiger partial charge in [-0.15, -0.1) is 11.3 Å². The smallest absolute Gasteiger partial charge is 0.223 e. The zero-order chi connectivity index (χ0) is 19.5. The van der Waals surface area contributed by atoms with Gasteiger partial charge in [-0.2, -0.15) is 5.10 Å². The highest BCUT2D eigenvalue weighted by atomic mass is 32.1. The molecule has 4 aromatic rings. The molecule has 1 unspecified atom stereocenters. The van der Waals surface area contributed by atoms with Crippen LogP contribution in [0.2, 0.25) is 0 Å². The van der Waals surface area contributed by atoms with E-state index in [1.807, 2.05) is 56.4 Å². The molecule has 0 aliphatic carbocycles. The van der Waals surface area contributed by atoms with Crippen LogP contribution in [0.25, 0.3) is 15.9 Å². The summed E-state index contributed by atoms with van der Waals surface area (Å²) in [5, 5.41) is 5.14. The van der Waals surface area contributed by atoms with E-state index in [2.05, 4.69) is 21.1 Å². The lowest BCUT2D eigenvalue weighted by molar-refractivity contribution is -0.131.